The van der Waals surface area contributed by atoms with Crippen molar-refractivity contribution in [2.24, 2.45) is 0 Å². The molecule has 8 heteroatoms. The van der Waals surface area contributed by atoms with Gasteiger partial charge in [-0.15, -0.1) is 0 Å². The molecule has 0 atom stereocenters. The molecule has 1 aliphatic heterocycles. The molecule has 2 N–H and O–H groups in total. The minimum absolute atomic E-state index is 0.236. The zero-order chi connectivity index (χ0) is 14.7. The molecule has 0 unspecified atom stereocenters. The quantitative estimate of drug-likeness (QED) is 0.856. The first-order valence-corrected chi connectivity index (χ1v) is 7.75. The molecule has 1 saturated heterocycles. The first-order chi connectivity index (χ1) is 10.2. The summed E-state index contributed by atoms with van der Waals surface area (Å²) in [6.07, 6.45) is 7.12. The zero-order valence-corrected chi connectivity index (χ0v) is 12.7. The highest BCUT2D eigenvalue weighted by Gasteiger charge is 2.16. The molecule has 0 radical (unpaired) electrons. The molecule has 0 saturated carbocycles. The Morgan fingerprint density at radius 1 is 1.00 bits per heavy atom. The van der Waals surface area contributed by atoms with Crippen LogP contribution in [-0.4, -0.2) is 38.0 Å². The van der Waals surface area contributed by atoms with Crippen molar-refractivity contribution in [3.8, 4) is 0 Å². The van der Waals surface area contributed by atoms with Crippen molar-refractivity contribution in [3.63, 3.8) is 0 Å². The maximum absolute atomic E-state index is 5.80. The van der Waals surface area contributed by atoms with Crippen LogP contribution in [0.25, 0.3) is 0 Å². The number of nitrogen functional groups attached to an aromatic ring is 1. The maximum Gasteiger partial charge on any atom is 0.231 e. The van der Waals surface area contributed by atoms with Gasteiger partial charge in [0, 0.05) is 25.5 Å². The number of hydrogen-bond donors (Lipinski definition) is 1. The number of hydrogen-bond acceptors (Lipinski definition) is 8. The second-order valence-electron chi connectivity index (χ2n) is 4.97. The summed E-state index contributed by atoms with van der Waals surface area (Å²) in [5.74, 6) is 0.886. The standard InChI is InChI=1S/C13H17N7S/c1-9-7-15-12(16-8-9)21-13-18-10(14)17-11(19-13)20-5-3-2-4-6-20/h7-8H,2-6H2,1H3,(H2,14,17,18,19). The van der Waals surface area contributed by atoms with Gasteiger partial charge in [0.05, 0.1) is 0 Å². The van der Waals surface area contributed by atoms with E-state index >= 15 is 0 Å². The molecule has 7 nitrogen and oxygen atoms in total. The van der Waals surface area contributed by atoms with Crippen molar-refractivity contribution in [1.82, 2.24) is 24.9 Å². The van der Waals surface area contributed by atoms with Crippen LogP contribution in [0.5, 0.6) is 0 Å². The Labute approximate surface area is 127 Å². The molecule has 0 aromatic carbocycles. The molecule has 0 aliphatic carbocycles. The Morgan fingerprint density at radius 3 is 2.43 bits per heavy atom. The molecule has 21 heavy (non-hydrogen) atoms. The Morgan fingerprint density at radius 2 is 1.71 bits per heavy atom. The van der Waals surface area contributed by atoms with Gasteiger partial charge in [0.15, 0.2) is 5.16 Å². The van der Waals surface area contributed by atoms with Gasteiger partial charge in [-0.1, -0.05) is 0 Å². The lowest BCUT2D eigenvalue weighted by molar-refractivity contribution is 0.565. The summed E-state index contributed by atoms with van der Waals surface area (Å²) in [5, 5.41) is 1.14. The third kappa shape index (κ3) is 3.57. The number of nitrogens with two attached hydrogens (primary N) is 1. The third-order valence-corrected chi connectivity index (χ3v) is 3.96. The minimum Gasteiger partial charge on any atom is -0.368 e. The molecule has 0 spiro atoms. The molecule has 1 fully saturated rings. The smallest absolute Gasteiger partial charge is 0.231 e. The van der Waals surface area contributed by atoms with Gasteiger partial charge >= 0.3 is 0 Å². The molecule has 3 rings (SSSR count). The maximum atomic E-state index is 5.80. The van der Waals surface area contributed by atoms with E-state index in [1.807, 2.05) is 6.92 Å². The number of aryl methyl sites for hydroxylation is 1. The predicted octanol–water partition coefficient (Wildman–Crippen LogP) is 1.69. The van der Waals surface area contributed by atoms with Crippen molar-refractivity contribution >= 4 is 23.7 Å². The SMILES string of the molecule is Cc1cnc(Sc2nc(N)nc(N3CCCCC3)n2)nc1. The number of aromatic nitrogens is 5. The van der Waals surface area contributed by atoms with Crippen molar-refractivity contribution in [1.29, 1.82) is 0 Å². The lowest BCUT2D eigenvalue weighted by Gasteiger charge is -2.26. The normalized spacial score (nSPS) is 15.2. The number of nitrogens with zero attached hydrogens (tertiary/aromatic N) is 6. The van der Waals surface area contributed by atoms with E-state index < -0.39 is 0 Å². The van der Waals surface area contributed by atoms with Crippen LogP contribution in [0.2, 0.25) is 0 Å². The van der Waals surface area contributed by atoms with E-state index in [1.165, 1.54) is 18.2 Å². The average Bonchev–Trinajstić information content (AvgIpc) is 2.50. The molecule has 2 aromatic heterocycles. The Hall–Kier alpha value is -1.96. The van der Waals surface area contributed by atoms with Gasteiger partial charge in [0.1, 0.15) is 0 Å². The first kappa shape index (κ1) is 14.0. The lowest BCUT2D eigenvalue weighted by Crippen LogP contribution is -2.31. The van der Waals surface area contributed by atoms with Crippen LogP contribution in [0.4, 0.5) is 11.9 Å². The Bertz CT molecular complexity index is 610. The van der Waals surface area contributed by atoms with E-state index in [0.29, 0.717) is 16.3 Å². The van der Waals surface area contributed by atoms with E-state index in [1.54, 1.807) is 12.4 Å². The summed E-state index contributed by atoms with van der Waals surface area (Å²) in [5.41, 5.74) is 6.82. The fourth-order valence-electron chi connectivity index (χ4n) is 2.16. The van der Waals surface area contributed by atoms with Gasteiger partial charge in [0.25, 0.3) is 0 Å². The summed E-state index contributed by atoms with van der Waals surface area (Å²) < 4.78 is 0. The average molecular weight is 303 g/mol. The molecular formula is C13H17N7S. The summed E-state index contributed by atoms with van der Waals surface area (Å²) in [4.78, 5) is 23.5. The summed E-state index contributed by atoms with van der Waals surface area (Å²) in [7, 11) is 0. The van der Waals surface area contributed by atoms with Crippen LogP contribution in [0.1, 0.15) is 24.8 Å². The third-order valence-electron chi connectivity index (χ3n) is 3.20. The topological polar surface area (TPSA) is 93.7 Å². The highest BCUT2D eigenvalue weighted by Crippen LogP contribution is 2.24. The second-order valence-corrected chi connectivity index (χ2v) is 5.90. The lowest BCUT2D eigenvalue weighted by atomic mass is 10.1. The molecule has 1 aliphatic rings. The monoisotopic (exact) mass is 303 g/mol. The van der Waals surface area contributed by atoms with Crippen LogP contribution in [-0.2, 0) is 0 Å². The van der Waals surface area contributed by atoms with Gasteiger partial charge in [-0.05, 0) is 43.5 Å². The molecule has 2 aromatic rings. The predicted molar refractivity (Wildman–Crippen MR) is 81.2 cm³/mol. The summed E-state index contributed by atoms with van der Waals surface area (Å²) >= 11 is 1.30. The van der Waals surface area contributed by atoms with E-state index in [-0.39, 0.29) is 5.95 Å². The highest BCUT2D eigenvalue weighted by molar-refractivity contribution is 7.99. The van der Waals surface area contributed by atoms with Crippen LogP contribution in [0.15, 0.2) is 22.7 Å². The fourth-order valence-corrected chi connectivity index (χ4v) is 2.80. The zero-order valence-electron chi connectivity index (χ0n) is 11.9. The van der Waals surface area contributed by atoms with E-state index in [9.17, 15) is 0 Å². The Balaban J connectivity index is 1.81. The van der Waals surface area contributed by atoms with Crippen molar-refractivity contribution < 1.29 is 0 Å². The van der Waals surface area contributed by atoms with Crippen LogP contribution in [0.3, 0.4) is 0 Å². The van der Waals surface area contributed by atoms with Crippen LogP contribution >= 0.6 is 11.8 Å². The van der Waals surface area contributed by atoms with Gasteiger partial charge in [-0.3, -0.25) is 0 Å². The van der Waals surface area contributed by atoms with E-state index in [2.05, 4.69) is 29.8 Å². The molecule has 0 bridgehead atoms. The molecule has 3 heterocycles. The van der Waals surface area contributed by atoms with Crippen molar-refractivity contribution in [2.75, 3.05) is 23.7 Å². The second kappa shape index (κ2) is 6.21. The van der Waals surface area contributed by atoms with Crippen molar-refractivity contribution in [2.45, 2.75) is 36.5 Å². The van der Waals surface area contributed by atoms with Gasteiger partial charge in [0.2, 0.25) is 17.1 Å². The molecular weight excluding hydrogens is 286 g/mol. The number of anilines is 2. The number of piperidine rings is 1. The molecule has 110 valence electrons. The van der Waals surface area contributed by atoms with Gasteiger partial charge < -0.3 is 10.6 Å². The largest absolute Gasteiger partial charge is 0.368 e. The van der Waals surface area contributed by atoms with Gasteiger partial charge in [-0.2, -0.15) is 15.0 Å². The van der Waals surface area contributed by atoms with Crippen molar-refractivity contribution in [3.05, 3.63) is 18.0 Å². The highest BCUT2D eigenvalue weighted by atomic mass is 32.2. The number of rotatable bonds is 3. The Kier molecular flexibility index (Phi) is 4.14. The summed E-state index contributed by atoms with van der Waals surface area (Å²) in [6.45, 7) is 3.88. The summed E-state index contributed by atoms with van der Waals surface area (Å²) in [6, 6.07) is 0. The van der Waals surface area contributed by atoms with E-state index in [4.69, 9.17) is 5.73 Å². The van der Waals surface area contributed by atoms with Gasteiger partial charge in [-0.25, -0.2) is 9.97 Å². The minimum atomic E-state index is 0.236. The first-order valence-electron chi connectivity index (χ1n) is 6.94. The van der Waals surface area contributed by atoms with E-state index in [0.717, 1.165) is 31.5 Å². The van der Waals surface area contributed by atoms with Crippen LogP contribution < -0.4 is 10.6 Å². The van der Waals surface area contributed by atoms with Crippen LogP contribution in [0, 0.1) is 6.92 Å². The molecule has 0 amide bonds. The fraction of sp³-hybridized carbons (Fsp3) is 0.462.